The van der Waals surface area contributed by atoms with Gasteiger partial charge in [0.15, 0.2) is 0 Å². The molecular weight excluding hydrogens is 266 g/mol. The van der Waals surface area contributed by atoms with Crippen LogP contribution < -0.4 is 5.32 Å². The number of anilines is 1. The minimum atomic E-state index is -0.590. The van der Waals surface area contributed by atoms with E-state index in [4.69, 9.17) is 0 Å². The molecule has 0 spiro atoms. The van der Waals surface area contributed by atoms with Crippen molar-refractivity contribution in [2.24, 2.45) is 0 Å². The number of para-hydroxylation sites is 1. The van der Waals surface area contributed by atoms with Crippen LogP contribution in [0.1, 0.15) is 31.5 Å². The molecule has 0 bridgehead atoms. The van der Waals surface area contributed by atoms with E-state index in [1.54, 1.807) is 0 Å². The van der Waals surface area contributed by atoms with Crippen LogP contribution in [0.4, 0.5) is 14.5 Å². The third-order valence-electron chi connectivity index (χ3n) is 2.70. The average Bonchev–Trinajstić information content (AvgIpc) is 2.77. The van der Waals surface area contributed by atoms with Gasteiger partial charge in [0, 0.05) is 10.8 Å². The highest BCUT2D eigenvalue weighted by atomic mass is 32.1. The zero-order chi connectivity index (χ0) is 14.0. The molecule has 5 heteroatoms. The van der Waals surface area contributed by atoms with Gasteiger partial charge in [-0.25, -0.2) is 13.8 Å². The highest BCUT2D eigenvalue weighted by Gasteiger charge is 2.17. The molecule has 0 fully saturated rings. The molecule has 0 amide bonds. The zero-order valence-electron chi connectivity index (χ0n) is 11.1. The van der Waals surface area contributed by atoms with E-state index < -0.39 is 11.6 Å². The van der Waals surface area contributed by atoms with Crippen LogP contribution in [-0.2, 0) is 12.0 Å². The van der Waals surface area contributed by atoms with Crippen molar-refractivity contribution in [2.75, 3.05) is 5.32 Å². The lowest BCUT2D eigenvalue weighted by Gasteiger charge is -2.14. The lowest BCUT2D eigenvalue weighted by Crippen LogP contribution is -2.12. The van der Waals surface area contributed by atoms with Gasteiger partial charge in [0.25, 0.3) is 0 Å². The Hall–Kier alpha value is -1.49. The highest BCUT2D eigenvalue weighted by Crippen LogP contribution is 2.25. The Kier molecular flexibility index (Phi) is 3.85. The summed E-state index contributed by atoms with van der Waals surface area (Å²) in [5.41, 5.74) is 0.871. The van der Waals surface area contributed by atoms with E-state index in [-0.39, 0.29) is 11.1 Å². The minimum Gasteiger partial charge on any atom is -0.374 e. The highest BCUT2D eigenvalue weighted by molar-refractivity contribution is 7.09. The van der Waals surface area contributed by atoms with Gasteiger partial charge in [-0.05, 0) is 12.1 Å². The minimum absolute atomic E-state index is 0.0159. The molecule has 2 aromatic rings. The van der Waals surface area contributed by atoms with Gasteiger partial charge >= 0.3 is 0 Å². The van der Waals surface area contributed by atoms with Crippen LogP contribution in [0, 0.1) is 11.6 Å². The van der Waals surface area contributed by atoms with Crippen LogP contribution in [0.2, 0.25) is 0 Å². The Balaban J connectivity index is 2.09. The maximum Gasteiger partial charge on any atom is 0.149 e. The lowest BCUT2D eigenvalue weighted by molar-refractivity contribution is 0.570. The van der Waals surface area contributed by atoms with Gasteiger partial charge in [-0.15, -0.1) is 11.3 Å². The molecule has 1 aromatic carbocycles. The van der Waals surface area contributed by atoms with Crippen LogP contribution in [0.3, 0.4) is 0 Å². The molecule has 0 atom stereocenters. The largest absolute Gasteiger partial charge is 0.374 e. The molecule has 0 aliphatic heterocycles. The van der Waals surface area contributed by atoms with Crippen molar-refractivity contribution in [1.82, 2.24) is 4.98 Å². The van der Waals surface area contributed by atoms with Gasteiger partial charge in [0.05, 0.1) is 12.2 Å². The van der Waals surface area contributed by atoms with Crippen molar-refractivity contribution in [3.63, 3.8) is 0 Å². The predicted octanol–water partition coefficient (Wildman–Crippen LogP) is 4.33. The molecule has 0 saturated heterocycles. The summed E-state index contributed by atoms with van der Waals surface area (Å²) in [5.74, 6) is -1.18. The number of thiazole rings is 1. The second kappa shape index (κ2) is 5.25. The molecule has 0 saturated carbocycles. The molecule has 2 nitrogen and oxygen atoms in total. The fourth-order valence-corrected chi connectivity index (χ4v) is 2.53. The molecule has 0 aliphatic rings. The summed E-state index contributed by atoms with van der Waals surface area (Å²) in [4.78, 5) is 4.47. The van der Waals surface area contributed by atoms with Crippen molar-refractivity contribution < 1.29 is 8.78 Å². The number of halogens is 2. The molecule has 0 unspecified atom stereocenters. The molecule has 2 rings (SSSR count). The first kappa shape index (κ1) is 13.9. The van der Waals surface area contributed by atoms with Crippen LogP contribution >= 0.6 is 11.3 Å². The summed E-state index contributed by atoms with van der Waals surface area (Å²) in [6.45, 7) is 6.56. The summed E-state index contributed by atoms with van der Waals surface area (Å²) in [6.07, 6.45) is 0. The van der Waals surface area contributed by atoms with Gasteiger partial charge in [0.2, 0.25) is 0 Å². The lowest BCUT2D eigenvalue weighted by atomic mass is 9.93. The number of nitrogens with one attached hydrogen (secondary N) is 1. The van der Waals surface area contributed by atoms with Crippen LogP contribution in [-0.4, -0.2) is 4.98 Å². The SMILES string of the molecule is CC(C)(C)c1csc(CNc2c(F)cccc2F)n1. The maximum absolute atomic E-state index is 13.4. The van der Waals surface area contributed by atoms with Crippen LogP contribution in [0.25, 0.3) is 0 Å². The normalized spacial score (nSPS) is 11.6. The van der Waals surface area contributed by atoms with E-state index in [1.807, 2.05) is 5.38 Å². The van der Waals surface area contributed by atoms with Gasteiger partial charge in [0.1, 0.15) is 22.3 Å². The molecule has 0 aliphatic carbocycles. The first-order chi connectivity index (χ1) is 8.88. The van der Waals surface area contributed by atoms with Crippen molar-refractivity contribution in [3.05, 3.63) is 45.9 Å². The van der Waals surface area contributed by atoms with E-state index in [1.165, 1.54) is 29.5 Å². The zero-order valence-corrected chi connectivity index (χ0v) is 11.9. The number of hydrogen-bond acceptors (Lipinski definition) is 3. The number of benzene rings is 1. The van der Waals surface area contributed by atoms with Gasteiger partial charge in [-0.1, -0.05) is 26.8 Å². The van der Waals surface area contributed by atoms with Gasteiger partial charge < -0.3 is 5.32 Å². The summed E-state index contributed by atoms with van der Waals surface area (Å²) in [7, 11) is 0. The third kappa shape index (κ3) is 3.29. The van der Waals surface area contributed by atoms with Crippen LogP contribution in [0.5, 0.6) is 0 Å². The summed E-state index contributed by atoms with van der Waals surface area (Å²) in [6, 6.07) is 3.80. The Morgan fingerprint density at radius 2 is 1.84 bits per heavy atom. The molecule has 19 heavy (non-hydrogen) atoms. The standard InChI is InChI=1S/C14H16F2N2S/c1-14(2,3)11-8-19-12(18-11)7-17-13-9(15)5-4-6-10(13)16/h4-6,8,17H,7H2,1-3H3. The summed E-state index contributed by atoms with van der Waals surface area (Å²) < 4.78 is 26.9. The quantitative estimate of drug-likeness (QED) is 0.906. The van der Waals surface area contributed by atoms with Crippen molar-refractivity contribution in [2.45, 2.75) is 32.7 Å². The van der Waals surface area contributed by atoms with E-state index in [0.717, 1.165) is 10.7 Å². The third-order valence-corrected chi connectivity index (χ3v) is 3.55. The molecule has 1 aromatic heterocycles. The topological polar surface area (TPSA) is 24.9 Å². The van der Waals surface area contributed by atoms with Crippen molar-refractivity contribution in [3.8, 4) is 0 Å². The number of aromatic nitrogens is 1. The van der Waals surface area contributed by atoms with Gasteiger partial charge in [-0.3, -0.25) is 0 Å². The van der Waals surface area contributed by atoms with Gasteiger partial charge in [-0.2, -0.15) is 0 Å². The van der Waals surface area contributed by atoms with Crippen molar-refractivity contribution in [1.29, 1.82) is 0 Å². The Morgan fingerprint density at radius 3 is 2.37 bits per heavy atom. The Labute approximate surface area is 115 Å². The first-order valence-corrected chi connectivity index (χ1v) is 6.88. The smallest absolute Gasteiger partial charge is 0.149 e. The van der Waals surface area contributed by atoms with E-state index in [9.17, 15) is 8.78 Å². The Morgan fingerprint density at radius 1 is 1.21 bits per heavy atom. The van der Waals surface area contributed by atoms with E-state index >= 15 is 0 Å². The van der Waals surface area contributed by atoms with E-state index in [2.05, 4.69) is 31.1 Å². The van der Waals surface area contributed by atoms with E-state index in [0.29, 0.717) is 6.54 Å². The molecule has 102 valence electrons. The average molecular weight is 282 g/mol. The van der Waals surface area contributed by atoms with Crippen molar-refractivity contribution >= 4 is 17.0 Å². The monoisotopic (exact) mass is 282 g/mol. The maximum atomic E-state index is 13.4. The molecular formula is C14H16F2N2S. The first-order valence-electron chi connectivity index (χ1n) is 6.00. The molecule has 1 heterocycles. The predicted molar refractivity (Wildman–Crippen MR) is 74.5 cm³/mol. The fraction of sp³-hybridized carbons (Fsp3) is 0.357. The number of nitrogens with zero attached hydrogens (tertiary/aromatic N) is 1. The molecule has 0 radical (unpaired) electrons. The molecule has 1 N–H and O–H groups in total. The summed E-state index contributed by atoms with van der Waals surface area (Å²) in [5, 5.41) is 5.55. The second-order valence-electron chi connectivity index (χ2n) is 5.33. The Bertz CT molecular complexity index is 553. The number of rotatable bonds is 3. The van der Waals surface area contributed by atoms with Crippen LogP contribution in [0.15, 0.2) is 23.6 Å². The second-order valence-corrected chi connectivity index (χ2v) is 6.27. The fourth-order valence-electron chi connectivity index (χ4n) is 1.57. The summed E-state index contributed by atoms with van der Waals surface area (Å²) >= 11 is 1.49. The number of hydrogen-bond donors (Lipinski definition) is 1.